The molecule has 1 aromatic heterocycles. The van der Waals surface area contributed by atoms with E-state index in [1.165, 1.54) is 51.7 Å². The number of nitrogens with zero attached hydrogens (tertiary/aromatic N) is 5. The molecule has 10 heteroatoms. The van der Waals surface area contributed by atoms with E-state index in [0.29, 0.717) is 27.4 Å². The van der Waals surface area contributed by atoms with Gasteiger partial charge in [-0.2, -0.15) is 17.9 Å². The van der Waals surface area contributed by atoms with Crippen molar-refractivity contribution in [3.63, 3.8) is 0 Å². The Hall–Kier alpha value is -2.38. The highest BCUT2D eigenvalue weighted by molar-refractivity contribution is 7.80. The molecule has 1 aromatic carbocycles. The number of ether oxygens (including phenoxy) is 1. The van der Waals surface area contributed by atoms with Crippen molar-refractivity contribution in [3.8, 4) is 11.8 Å². The molecule has 3 heterocycles. The minimum atomic E-state index is 0.263. The molecule has 0 radical (unpaired) electrons. The number of nitriles is 1. The standard InChI is InChI=1S/C17H26N4OS.C14H17ClN2O/c22-13-15-11-18-17(19-12-15)21-9-2-14(3-10-21)1-6-20-7-4-16(23)5-8-20;1-17-11-3-6-12(7-4-11)18-13-5-2-10(9-16)14(15)8-13/h11-14,16,23H,1-10H2;2,5,8,11-12,17H,3-4,6-7H2,1H3. The second kappa shape index (κ2) is 16.3. The van der Waals surface area contributed by atoms with Crippen LogP contribution in [-0.2, 0) is 0 Å². The molecule has 41 heavy (non-hydrogen) atoms. The number of hydrogen-bond acceptors (Lipinski definition) is 9. The number of anilines is 1. The summed E-state index contributed by atoms with van der Waals surface area (Å²) in [5, 5.41) is 13.2. The van der Waals surface area contributed by atoms with Gasteiger partial charge in [-0.15, -0.1) is 0 Å². The van der Waals surface area contributed by atoms with Gasteiger partial charge < -0.3 is 19.9 Å². The maximum absolute atomic E-state index is 10.7. The number of piperidine rings is 2. The van der Waals surface area contributed by atoms with Crippen LogP contribution in [0.4, 0.5) is 5.95 Å². The lowest BCUT2D eigenvalue weighted by molar-refractivity contribution is 0.112. The molecule has 5 rings (SSSR count). The summed E-state index contributed by atoms with van der Waals surface area (Å²) in [6.45, 7) is 5.69. The summed E-state index contributed by atoms with van der Waals surface area (Å²) in [5.41, 5.74) is 1.02. The maximum Gasteiger partial charge on any atom is 0.225 e. The Labute approximate surface area is 255 Å². The Kier molecular flexibility index (Phi) is 12.6. The molecule has 2 saturated heterocycles. The summed E-state index contributed by atoms with van der Waals surface area (Å²) < 4.78 is 5.91. The van der Waals surface area contributed by atoms with Crippen LogP contribution in [0.1, 0.15) is 73.7 Å². The molecule has 8 nitrogen and oxygen atoms in total. The van der Waals surface area contributed by atoms with Crippen molar-refractivity contribution in [3.05, 3.63) is 46.7 Å². The van der Waals surface area contributed by atoms with Crippen LogP contribution < -0.4 is 15.0 Å². The van der Waals surface area contributed by atoms with Crippen LogP contribution in [0.15, 0.2) is 30.6 Å². The number of carbonyl (C=O) groups is 1. The molecular weight excluding hydrogens is 556 g/mol. The SMILES string of the molecule is CNC1CCC(Oc2ccc(C#N)c(Cl)c2)CC1.O=Cc1cnc(N2CCC(CCN3CCC(S)CC3)CC2)nc1. The first-order valence-corrected chi connectivity index (χ1v) is 15.8. The van der Waals surface area contributed by atoms with Gasteiger partial charge in [-0.1, -0.05) is 11.6 Å². The molecule has 3 fully saturated rings. The fourth-order valence-electron chi connectivity index (χ4n) is 5.81. The number of thiol groups is 1. The third-order valence-electron chi connectivity index (χ3n) is 8.55. The maximum atomic E-state index is 10.7. The van der Waals surface area contributed by atoms with Crippen molar-refractivity contribution in [2.24, 2.45) is 5.92 Å². The molecule has 1 N–H and O–H groups in total. The van der Waals surface area contributed by atoms with E-state index in [4.69, 9.17) is 21.6 Å². The van der Waals surface area contributed by atoms with Crippen molar-refractivity contribution in [1.82, 2.24) is 20.2 Å². The summed E-state index contributed by atoms with van der Waals surface area (Å²) in [6.07, 6.45) is 14.8. The van der Waals surface area contributed by atoms with Crippen molar-refractivity contribution < 1.29 is 9.53 Å². The van der Waals surface area contributed by atoms with Gasteiger partial charge in [-0.25, -0.2) is 9.97 Å². The summed E-state index contributed by atoms with van der Waals surface area (Å²) in [6, 6.07) is 7.91. The van der Waals surface area contributed by atoms with Crippen LogP contribution in [0.5, 0.6) is 5.75 Å². The first-order valence-electron chi connectivity index (χ1n) is 14.9. The van der Waals surface area contributed by atoms with E-state index < -0.39 is 0 Å². The normalized spacial score (nSPS) is 22.3. The number of carbonyl (C=O) groups excluding carboxylic acids is 1. The van der Waals surface area contributed by atoms with Gasteiger partial charge in [0.2, 0.25) is 5.95 Å². The van der Waals surface area contributed by atoms with Gasteiger partial charge in [0.05, 0.1) is 22.3 Å². The molecule has 2 aromatic rings. The van der Waals surface area contributed by atoms with E-state index in [-0.39, 0.29) is 6.10 Å². The number of nitrogens with one attached hydrogen (secondary N) is 1. The topological polar surface area (TPSA) is 94.4 Å². The molecule has 0 spiro atoms. The molecule has 3 aliphatic rings. The van der Waals surface area contributed by atoms with E-state index in [1.807, 2.05) is 19.2 Å². The molecule has 0 unspecified atom stereocenters. The van der Waals surface area contributed by atoms with Gasteiger partial charge >= 0.3 is 0 Å². The number of likely N-dealkylation sites (tertiary alicyclic amines) is 1. The Bertz CT molecular complexity index is 1120. The second-order valence-corrected chi connectivity index (χ2v) is 12.5. The van der Waals surface area contributed by atoms with Gasteiger partial charge in [0.25, 0.3) is 0 Å². The Morgan fingerprint density at radius 1 is 1.07 bits per heavy atom. The Morgan fingerprint density at radius 2 is 1.76 bits per heavy atom. The molecular formula is C31H43ClN6O2S. The fourth-order valence-corrected chi connectivity index (χ4v) is 6.25. The number of hydrogen-bond donors (Lipinski definition) is 2. The van der Waals surface area contributed by atoms with Crippen molar-refractivity contribution >= 4 is 36.5 Å². The lowest BCUT2D eigenvalue weighted by Crippen LogP contribution is -2.38. The number of rotatable bonds is 8. The monoisotopic (exact) mass is 598 g/mol. The predicted octanol–water partition coefficient (Wildman–Crippen LogP) is 5.41. The zero-order valence-corrected chi connectivity index (χ0v) is 25.7. The molecule has 1 aliphatic carbocycles. The van der Waals surface area contributed by atoms with Gasteiger partial charge in [0.1, 0.15) is 11.8 Å². The van der Waals surface area contributed by atoms with Crippen molar-refractivity contribution in [2.75, 3.05) is 44.7 Å². The average Bonchev–Trinajstić information content (AvgIpc) is 3.02. The van der Waals surface area contributed by atoms with Crippen molar-refractivity contribution in [1.29, 1.82) is 5.26 Å². The van der Waals surface area contributed by atoms with Gasteiger partial charge in [0.15, 0.2) is 6.29 Å². The van der Waals surface area contributed by atoms with Gasteiger partial charge in [-0.3, -0.25) is 4.79 Å². The lowest BCUT2D eigenvalue weighted by atomic mass is 9.93. The smallest absolute Gasteiger partial charge is 0.225 e. The van der Waals surface area contributed by atoms with Crippen LogP contribution in [0.3, 0.4) is 0 Å². The summed E-state index contributed by atoms with van der Waals surface area (Å²) >= 11 is 10.5. The quantitative estimate of drug-likeness (QED) is 0.308. The van der Waals surface area contributed by atoms with E-state index in [2.05, 4.69) is 37.7 Å². The van der Waals surface area contributed by atoms with E-state index in [9.17, 15) is 4.79 Å². The van der Waals surface area contributed by atoms with Crippen LogP contribution in [0, 0.1) is 17.2 Å². The summed E-state index contributed by atoms with van der Waals surface area (Å²) in [5.74, 6) is 2.33. The third-order valence-corrected chi connectivity index (χ3v) is 9.38. The third kappa shape index (κ3) is 9.85. The van der Waals surface area contributed by atoms with Crippen LogP contribution in [-0.4, -0.2) is 78.3 Å². The highest BCUT2D eigenvalue weighted by Crippen LogP contribution is 2.27. The molecule has 0 bridgehead atoms. The van der Waals surface area contributed by atoms with E-state index >= 15 is 0 Å². The average molecular weight is 599 g/mol. The van der Waals surface area contributed by atoms with Crippen molar-refractivity contribution in [2.45, 2.75) is 75.2 Å². The first kappa shape index (κ1) is 31.6. The molecule has 1 saturated carbocycles. The number of aldehydes is 1. The molecule has 0 amide bonds. The molecule has 0 atom stereocenters. The number of benzene rings is 1. The first-order chi connectivity index (χ1) is 20.0. The number of halogens is 1. The van der Waals surface area contributed by atoms with E-state index in [0.717, 1.165) is 62.7 Å². The van der Waals surface area contributed by atoms with Crippen LogP contribution in [0.2, 0.25) is 5.02 Å². The molecule has 2 aliphatic heterocycles. The number of aromatic nitrogens is 2. The largest absolute Gasteiger partial charge is 0.490 e. The predicted molar refractivity (Wildman–Crippen MR) is 167 cm³/mol. The van der Waals surface area contributed by atoms with Crippen LogP contribution >= 0.6 is 24.2 Å². The Morgan fingerprint density at radius 3 is 2.34 bits per heavy atom. The zero-order valence-electron chi connectivity index (χ0n) is 24.1. The highest BCUT2D eigenvalue weighted by atomic mass is 35.5. The van der Waals surface area contributed by atoms with Gasteiger partial charge in [-0.05, 0) is 103 Å². The molecule has 222 valence electrons. The minimum Gasteiger partial charge on any atom is -0.490 e. The fraction of sp³-hybridized carbons (Fsp3) is 0.613. The summed E-state index contributed by atoms with van der Waals surface area (Å²) in [4.78, 5) is 24.1. The van der Waals surface area contributed by atoms with E-state index in [1.54, 1.807) is 24.5 Å². The minimum absolute atomic E-state index is 0.263. The van der Waals surface area contributed by atoms with Gasteiger partial charge in [0, 0.05) is 42.8 Å². The lowest BCUT2D eigenvalue weighted by Gasteiger charge is -2.34. The Balaban J connectivity index is 0.000000195. The highest BCUT2D eigenvalue weighted by Gasteiger charge is 2.23. The van der Waals surface area contributed by atoms with Crippen LogP contribution in [0.25, 0.3) is 0 Å². The zero-order chi connectivity index (χ0) is 29.0. The summed E-state index contributed by atoms with van der Waals surface area (Å²) in [7, 11) is 2.01. The second-order valence-electron chi connectivity index (χ2n) is 11.4.